The molecule has 1 atom stereocenters. The van der Waals surface area contributed by atoms with Gasteiger partial charge in [0.2, 0.25) is 5.91 Å². The van der Waals surface area contributed by atoms with E-state index in [4.69, 9.17) is 5.73 Å². The molecule has 0 aromatic carbocycles. The lowest BCUT2D eigenvalue weighted by Crippen LogP contribution is -2.44. The van der Waals surface area contributed by atoms with Crippen LogP contribution in [0.4, 0.5) is 0 Å². The van der Waals surface area contributed by atoms with Gasteiger partial charge in [0.25, 0.3) is 5.56 Å². The minimum absolute atomic E-state index is 0.132. The van der Waals surface area contributed by atoms with Gasteiger partial charge in [-0.2, -0.15) is 0 Å². The number of rotatable bonds is 4. The van der Waals surface area contributed by atoms with E-state index in [-0.39, 0.29) is 12.5 Å². The molecule has 1 amide bonds. The summed E-state index contributed by atoms with van der Waals surface area (Å²) in [6.07, 6.45) is 1.99. The first-order valence-electron chi connectivity index (χ1n) is 6.05. The molecule has 7 nitrogen and oxygen atoms in total. The Morgan fingerprint density at radius 1 is 1.42 bits per heavy atom. The second-order valence-electron chi connectivity index (χ2n) is 4.62. The molecule has 0 fully saturated rings. The van der Waals surface area contributed by atoms with E-state index < -0.39 is 17.3 Å². The highest BCUT2D eigenvalue weighted by atomic mass is 16.2. The average Bonchev–Trinajstić information content (AvgIpc) is 2.40. The number of aromatic nitrogens is 2. The lowest BCUT2D eigenvalue weighted by Gasteiger charge is -2.20. The van der Waals surface area contributed by atoms with Crippen LogP contribution in [-0.2, 0) is 25.4 Å². The molecular formula is C12H20N4O3. The molecule has 0 aliphatic heterocycles. The molecule has 7 heteroatoms. The van der Waals surface area contributed by atoms with Crippen LogP contribution in [0.1, 0.15) is 18.9 Å². The molecule has 0 unspecified atom stereocenters. The second kappa shape index (κ2) is 5.83. The molecular weight excluding hydrogens is 248 g/mol. The molecule has 1 rings (SSSR count). The number of nitrogens with zero attached hydrogens (tertiary/aromatic N) is 3. The number of carbonyl (C=O) groups excluding carboxylic acids is 1. The summed E-state index contributed by atoms with van der Waals surface area (Å²) in [7, 11) is 4.56. The third-order valence-electron chi connectivity index (χ3n) is 3.06. The van der Waals surface area contributed by atoms with E-state index in [1.807, 2.05) is 6.92 Å². The Balaban J connectivity index is 3.05. The maximum atomic E-state index is 11.9. The van der Waals surface area contributed by atoms with Crippen LogP contribution < -0.4 is 17.0 Å². The summed E-state index contributed by atoms with van der Waals surface area (Å²) in [5, 5.41) is 0. The highest BCUT2D eigenvalue weighted by Gasteiger charge is 2.18. The fourth-order valence-electron chi connectivity index (χ4n) is 1.78. The van der Waals surface area contributed by atoms with Gasteiger partial charge in [-0.1, -0.05) is 6.92 Å². The van der Waals surface area contributed by atoms with Gasteiger partial charge >= 0.3 is 5.69 Å². The van der Waals surface area contributed by atoms with Crippen LogP contribution in [0.25, 0.3) is 0 Å². The maximum Gasteiger partial charge on any atom is 0.330 e. The van der Waals surface area contributed by atoms with Crippen molar-refractivity contribution in [2.45, 2.75) is 25.9 Å². The quantitative estimate of drug-likeness (QED) is 0.741. The van der Waals surface area contributed by atoms with E-state index in [9.17, 15) is 14.4 Å². The molecule has 0 radical (unpaired) electrons. The number of hydrogen-bond donors (Lipinski definition) is 1. The van der Waals surface area contributed by atoms with Crippen LogP contribution in [0.5, 0.6) is 0 Å². The Kier molecular flexibility index (Phi) is 4.66. The van der Waals surface area contributed by atoms with E-state index >= 15 is 0 Å². The fraction of sp³-hybridized carbons (Fsp3) is 0.583. The van der Waals surface area contributed by atoms with Crippen molar-refractivity contribution in [3.05, 3.63) is 32.6 Å². The largest absolute Gasteiger partial charge is 0.340 e. The molecule has 0 saturated carbocycles. The zero-order valence-corrected chi connectivity index (χ0v) is 11.7. The number of amides is 1. The SMILES string of the molecule is CC[C@@H](N)C(=O)N(C)Cc1cn(C)c(=O)n(C)c1=O. The number of likely N-dealkylation sites (N-methyl/N-ethyl adjacent to an activating group) is 1. The van der Waals surface area contributed by atoms with Gasteiger partial charge in [0.1, 0.15) is 0 Å². The van der Waals surface area contributed by atoms with Crippen LogP contribution in [0.3, 0.4) is 0 Å². The van der Waals surface area contributed by atoms with Gasteiger partial charge in [0, 0.05) is 27.3 Å². The smallest absolute Gasteiger partial charge is 0.330 e. The first-order chi connectivity index (χ1) is 8.79. The highest BCUT2D eigenvalue weighted by Crippen LogP contribution is 2.00. The molecule has 1 heterocycles. The summed E-state index contributed by atoms with van der Waals surface area (Å²) in [5.74, 6) is -0.224. The Labute approximate surface area is 111 Å². The number of aryl methyl sites for hydroxylation is 1. The minimum Gasteiger partial charge on any atom is -0.340 e. The highest BCUT2D eigenvalue weighted by molar-refractivity contribution is 5.81. The Bertz CT molecular complexity index is 588. The molecule has 0 spiro atoms. The lowest BCUT2D eigenvalue weighted by atomic mass is 10.2. The first-order valence-corrected chi connectivity index (χ1v) is 6.05. The standard InChI is InChI=1S/C12H20N4O3/c1-5-9(13)11(18)14(2)6-8-7-15(3)12(19)16(4)10(8)17/h7,9H,5-6,13H2,1-4H3/t9-/m1/s1. The molecule has 2 N–H and O–H groups in total. The average molecular weight is 268 g/mol. The number of hydrogen-bond acceptors (Lipinski definition) is 4. The topological polar surface area (TPSA) is 90.3 Å². The zero-order chi connectivity index (χ0) is 14.7. The number of nitrogens with two attached hydrogens (primary N) is 1. The second-order valence-corrected chi connectivity index (χ2v) is 4.62. The Hall–Kier alpha value is -1.89. The van der Waals surface area contributed by atoms with Gasteiger partial charge < -0.3 is 15.2 Å². The van der Waals surface area contributed by atoms with Crippen molar-refractivity contribution in [2.24, 2.45) is 19.8 Å². The Morgan fingerprint density at radius 3 is 2.53 bits per heavy atom. The van der Waals surface area contributed by atoms with Crippen molar-refractivity contribution in [1.82, 2.24) is 14.0 Å². The minimum atomic E-state index is -0.568. The molecule has 0 saturated heterocycles. The maximum absolute atomic E-state index is 11.9. The van der Waals surface area contributed by atoms with Crippen molar-refractivity contribution >= 4 is 5.91 Å². The molecule has 0 bridgehead atoms. The zero-order valence-electron chi connectivity index (χ0n) is 11.7. The van der Waals surface area contributed by atoms with Crippen molar-refractivity contribution in [3.63, 3.8) is 0 Å². The van der Waals surface area contributed by atoms with Crippen LogP contribution in [0.15, 0.2) is 15.8 Å². The van der Waals surface area contributed by atoms with Gasteiger partial charge in [-0.25, -0.2) is 4.79 Å². The van der Waals surface area contributed by atoms with E-state index in [1.54, 1.807) is 14.1 Å². The summed E-state index contributed by atoms with van der Waals surface area (Å²) >= 11 is 0. The predicted molar refractivity (Wildman–Crippen MR) is 71.7 cm³/mol. The van der Waals surface area contributed by atoms with Crippen LogP contribution in [0, 0.1) is 0 Å². The van der Waals surface area contributed by atoms with Crippen molar-refractivity contribution in [2.75, 3.05) is 7.05 Å². The summed E-state index contributed by atoms with van der Waals surface area (Å²) in [6.45, 7) is 1.95. The van der Waals surface area contributed by atoms with Crippen molar-refractivity contribution in [1.29, 1.82) is 0 Å². The molecule has 19 heavy (non-hydrogen) atoms. The summed E-state index contributed by atoms with van der Waals surface area (Å²) in [6, 6.07) is -0.568. The molecule has 0 aliphatic carbocycles. The van der Waals surface area contributed by atoms with Gasteiger partial charge in [-0.05, 0) is 6.42 Å². The molecule has 1 aromatic heterocycles. The van der Waals surface area contributed by atoms with E-state index in [0.717, 1.165) is 4.57 Å². The van der Waals surface area contributed by atoms with Crippen LogP contribution in [-0.4, -0.2) is 33.0 Å². The van der Waals surface area contributed by atoms with E-state index in [2.05, 4.69) is 0 Å². The molecule has 106 valence electrons. The van der Waals surface area contributed by atoms with E-state index in [0.29, 0.717) is 12.0 Å². The van der Waals surface area contributed by atoms with Gasteiger partial charge in [-0.15, -0.1) is 0 Å². The summed E-state index contributed by atoms with van der Waals surface area (Å²) in [5.41, 5.74) is 5.25. The normalized spacial score (nSPS) is 12.3. The third kappa shape index (κ3) is 3.11. The summed E-state index contributed by atoms with van der Waals surface area (Å²) in [4.78, 5) is 36.7. The monoisotopic (exact) mass is 268 g/mol. The lowest BCUT2D eigenvalue weighted by molar-refractivity contribution is -0.131. The molecule has 0 aliphatic rings. The van der Waals surface area contributed by atoms with Gasteiger partial charge in [-0.3, -0.25) is 14.2 Å². The van der Waals surface area contributed by atoms with Gasteiger partial charge in [0.05, 0.1) is 18.2 Å². The first kappa shape index (κ1) is 15.2. The fourth-order valence-corrected chi connectivity index (χ4v) is 1.78. The van der Waals surface area contributed by atoms with Gasteiger partial charge in [0.15, 0.2) is 0 Å². The molecule has 1 aromatic rings. The summed E-state index contributed by atoms with van der Waals surface area (Å²) < 4.78 is 2.34. The van der Waals surface area contributed by atoms with Crippen LogP contribution in [0.2, 0.25) is 0 Å². The van der Waals surface area contributed by atoms with Crippen molar-refractivity contribution in [3.8, 4) is 0 Å². The number of carbonyl (C=O) groups is 1. The Morgan fingerprint density at radius 2 is 2.00 bits per heavy atom. The van der Waals surface area contributed by atoms with Crippen molar-refractivity contribution < 1.29 is 4.79 Å². The third-order valence-corrected chi connectivity index (χ3v) is 3.06. The van der Waals surface area contributed by atoms with Crippen LogP contribution >= 0.6 is 0 Å². The predicted octanol–water partition coefficient (Wildman–Crippen LogP) is -1.22. The van der Waals surface area contributed by atoms with E-state index in [1.165, 1.54) is 22.7 Å².